The van der Waals surface area contributed by atoms with Crippen molar-refractivity contribution in [1.82, 2.24) is 10.3 Å². The Morgan fingerprint density at radius 1 is 1.59 bits per heavy atom. The molecule has 17 heavy (non-hydrogen) atoms. The van der Waals surface area contributed by atoms with Gasteiger partial charge >= 0.3 is 6.03 Å². The average Bonchev–Trinajstić information content (AvgIpc) is 2.76. The Morgan fingerprint density at radius 2 is 2.35 bits per heavy atom. The molecule has 5 nitrogen and oxygen atoms in total. The highest BCUT2D eigenvalue weighted by Gasteiger charge is 2.11. The SMILES string of the molecule is CCc1csc(NC(=O)NC(CC)CCO)n1. The zero-order valence-corrected chi connectivity index (χ0v) is 11.0. The second-order valence-electron chi connectivity index (χ2n) is 3.71. The van der Waals surface area contributed by atoms with Gasteiger partial charge in [-0.3, -0.25) is 5.32 Å². The number of carbonyl (C=O) groups is 1. The number of aromatic nitrogens is 1. The van der Waals surface area contributed by atoms with Gasteiger partial charge in [-0.15, -0.1) is 11.3 Å². The van der Waals surface area contributed by atoms with E-state index in [9.17, 15) is 4.79 Å². The van der Waals surface area contributed by atoms with E-state index in [4.69, 9.17) is 5.11 Å². The molecule has 1 aromatic rings. The van der Waals surface area contributed by atoms with Crippen LogP contribution in [0.4, 0.5) is 9.93 Å². The number of nitrogens with one attached hydrogen (secondary N) is 2. The van der Waals surface area contributed by atoms with Crippen LogP contribution in [0.1, 0.15) is 32.4 Å². The molecule has 1 aromatic heterocycles. The van der Waals surface area contributed by atoms with Crippen LogP contribution < -0.4 is 10.6 Å². The minimum Gasteiger partial charge on any atom is -0.396 e. The summed E-state index contributed by atoms with van der Waals surface area (Å²) in [6, 6.07) is -0.257. The normalized spacial score (nSPS) is 12.2. The Labute approximate surface area is 105 Å². The number of aliphatic hydroxyl groups excluding tert-OH is 1. The zero-order chi connectivity index (χ0) is 12.7. The molecule has 1 atom stereocenters. The van der Waals surface area contributed by atoms with Crippen molar-refractivity contribution in [3.63, 3.8) is 0 Å². The molecule has 96 valence electrons. The van der Waals surface area contributed by atoms with Gasteiger partial charge in [0.2, 0.25) is 0 Å². The van der Waals surface area contributed by atoms with E-state index in [0.717, 1.165) is 18.5 Å². The number of hydrogen-bond donors (Lipinski definition) is 3. The summed E-state index contributed by atoms with van der Waals surface area (Å²) in [6.45, 7) is 4.07. The largest absolute Gasteiger partial charge is 0.396 e. The van der Waals surface area contributed by atoms with Gasteiger partial charge in [-0.2, -0.15) is 0 Å². The summed E-state index contributed by atoms with van der Waals surface area (Å²) in [5.74, 6) is 0. The topological polar surface area (TPSA) is 74.2 Å². The number of aryl methyl sites for hydroxylation is 1. The monoisotopic (exact) mass is 257 g/mol. The molecular weight excluding hydrogens is 238 g/mol. The lowest BCUT2D eigenvalue weighted by molar-refractivity contribution is 0.237. The molecule has 2 amide bonds. The van der Waals surface area contributed by atoms with Crippen molar-refractivity contribution in [2.75, 3.05) is 11.9 Å². The van der Waals surface area contributed by atoms with Crippen molar-refractivity contribution in [3.8, 4) is 0 Å². The summed E-state index contributed by atoms with van der Waals surface area (Å²) >= 11 is 1.42. The average molecular weight is 257 g/mol. The lowest BCUT2D eigenvalue weighted by atomic mass is 10.2. The van der Waals surface area contributed by atoms with E-state index in [0.29, 0.717) is 11.6 Å². The second kappa shape index (κ2) is 7.24. The van der Waals surface area contributed by atoms with E-state index in [-0.39, 0.29) is 18.7 Å². The summed E-state index contributed by atoms with van der Waals surface area (Å²) in [5.41, 5.74) is 0.979. The van der Waals surface area contributed by atoms with Crippen molar-refractivity contribution >= 4 is 22.5 Å². The first-order chi connectivity index (χ1) is 8.19. The number of rotatable bonds is 6. The van der Waals surface area contributed by atoms with E-state index < -0.39 is 0 Å². The number of anilines is 1. The van der Waals surface area contributed by atoms with Crippen molar-refractivity contribution in [3.05, 3.63) is 11.1 Å². The van der Waals surface area contributed by atoms with Crippen LogP contribution in [0.15, 0.2) is 5.38 Å². The van der Waals surface area contributed by atoms with Gasteiger partial charge in [0.1, 0.15) is 0 Å². The molecule has 0 spiro atoms. The van der Waals surface area contributed by atoms with Gasteiger partial charge in [0.25, 0.3) is 0 Å². The first-order valence-electron chi connectivity index (χ1n) is 5.82. The van der Waals surface area contributed by atoms with Crippen LogP contribution in [0.2, 0.25) is 0 Å². The number of carbonyl (C=O) groups excluding carboxylic acids is 1. The van der Waals surface area contributed by atoms with Gasteiger partial charge < -0.3 is 10.4 Å². The van der Waals surface area contributed by atoms with E-state index in [1.807, 2.05) is 19.2 Å². The summed E-state index contributed by atoms with van der Waals surface area (Å²) in [5, 5.41) is 16.9. The summed E-state index contributed by atoms with van der Waals surface area (Å²) in [6.07, 6.45) is 2.23. The summed E-state index contributed by atoms with van der Waals surface area (Å²) < 4.78 is 0. The van der Waals surface area contributed by atoms with Crippen LogP contribution in [0.25, 0.3) is 0 Å². The van der Waals surface area contributed by atoms with Crippen molar-refractivity contribution in [2.24, 2.45) is 0 Å². The van der Waals surface area contributed by atoms with Gasteiger partial charge in [0.05, 0.1) is 5.69 Å². The smallest absolute Gasteiger partial charge is 0.321 e. The van der Waals surface area contributed by atoms with Crippen LogP contribution in [-0.4, -0.2) is 28.8 Å². The molecule has 6 heteroatoms. The third kappa shape index (κ3) is 4.70. The van der Waals surface area contributed by atoms with Gasteiger partial charge in [0, 0.05) is 18.0 Å². The van der Waals surface area contributed by atoms with Crippen molar-refractivity contribution < 1.29 is 9.90 Å². The second-order valence-corrected chi connectivity index (χ2v) is 4.57. The zero-order valence-electron chi connectivity index (χ0n) is 10.2. The van der Waals surface area contributed by atoms with E-state index in [1.165, 1.54) is 11.3 Å². The van der Waals surface area contributed by atoms with Gasteiger partial charge in [-0.05, 0) is 19.3 Å². The Morgan fingerprint density at radius 3 is 2.88 bits per heavy atom. The van der Waals surface area contributed by atoms with E-state index in [1.54, 1.807) is 0 Å². The maximum absolute atomic E-state index is 11.6. The van der Waals surface area contributed by atoms with Gasteiger partial charge in [-0.25, -0.2) is 9.78 Å². The molecule has 0 fully saturated rings. The third-order valence-electron chi connectivity index (χ3n) is 2.44. The summed E-state index contributed by atoms with van der Waals surface area (Å²) in [4.78, 5) is 15.9. The standard InChI is InChI=1S/C11H19N3O2S/c1-3-8(5-6-15)12-10(16)14-11-13-9(4-2)7-17-11/h7-8,15H,3-6H2,1-2H3,(H2,12,13,14,16). The molecule has 0 bridgehead atoms. The molecule has 0 aromatic carbocycles. The number of urea groups is 1. The molecule has 1 rings (SSSR count). The number of aliphatic hydroxyl groups is 1. The molecule has 0 saturated carbocycles. The molecule has 0 aliphatic rings. The van der Waals surface area contributed by atoms with Crippen LogP contribution in [0, 0.1) is 0 Å². The van der Waals surface area contributed by atoms with Crippen LogP contribution in [0.5, 0.6) is 0 Å². The van der Waals surface area contributed by atoms with Crippen LogP contribution in [-0.2, 0) is 6.42 Å². The van der Waals surface area contributed by atoms with Gasteiger partial charge in [0.15, 0.2) is 5.13 Å². The third-order valence-corrected chi connectivity index (χ3v) is 3.25. The molecule has 0 saturated heterocycles. The highest BCUT2D eigenvalue weighted by Crippen LogP contribution is 2.15. The van der Waals surface area contributed by atoms with Crippen LogP contribution in [0.3, 0.4) is 0 Å². The number of nitrogens with zero attached hydrogens (tertiary/aromatic N) is 1. The fourth-order valence-electron chi connectivity index (χ4n) is 1.38. The minimum atomic E-state index is -0.262. The predicted molar refractivity (Wildman–Crippen MR) is 69.4 cm³/mol. The molecule has 1 heterocycles. The van der Waals surface area contributed by atoms with E-state index >= 15 is 0 Å². The molecular formula is C11H19N3O2S. The Kier molecular flexibility index (Phi) is 5.93. The van der Waals surface area contributed by atoms with Crippen molar-refractivity contribution in [1.29, 1.82) is 0 Å². The number of amides is 2. The maximum atomic E-state index is 11.6. The Balaban J connectivity index is 2.42. The Hall–Kier alpha value is -1.14. The Bertz CT molecular complexity index is 354. The summed E-state index contributed by atoms with van der Waals surface area (Å²) in [7, 11) is 0. The van der Waals surface area contributed by atoms with Gasteiger partial charge in [-0.1, -0.05) is 13.8 Å². The van der Waals surface area contributed by atoms with Crippen LogP contribution >= 0.6 is 11.3 Å². The molecule has 0 aliphatic heterocycles. The number of hydrogen-bond acceptors (Lipinski definition) is 4. The van der Waals surface area contributed by atoms with E-state index in [2.05, 4.69) is 15.6 Å². The molecule has 0 aliphatic carbocycles. The number of thiazole rings is 1. The lowest BCUT2D eigenvalue weighted by Gasteiger charge is -2.15. The first-order valence-corrected chi connectivity index (χ1v) is 6.70. The molecule has 3 N–H and O–H groups in total. The highest BCUT2D eigenvalue weighted by molar-refractivity contribution is 7.13. The molecule has 1 unspecified atom stereocenters. The lowest BCUT2D eigenvalue weighted by Crippen LogP contribution is -2.38. The maximum Gasteiger partial charge on any atom is 0.321 e. The minimum absolute atomic E-state index is 0.00519. The fourth-order valence-corrected chi connectivity index (χ4v) is 2.17. The fraction of sp³-hybridized carbons (Fsp3) is 0.636. The first kappa shape index (κ1) is 13.9. The van der Waals surface area contributed by atoms with Crippen molar-refractivity contribution in [2.45, 2.75) is 39.2 Å². The quantitative estimate of drug-likeness (QED) is 0.729. The predicted octanol–water partition coefficient (Wildman–Crippen LogP) is 1.99. The molecule has 0 radical (unpaired) electrons. The highest BCUT2D eigenvalue weighted by atomic mass is 32.1.